The first-order valence-corrected chi connectivity index (χ1v) is 5.74. The molecule has 0 atom stereocenters. The maximum atomic E-state index is 11.3. The van der Waals surface area contributed by atoms with E-state index in [1.54, 1.807) is 26.2 Å². The minimum atomic E-state index is -0.260. The van der Waals surface area contributed by atoms with Crippen molar-refractivity contribution in [3.05, 3.63) is 46.0 Å². The highest BCUT2D eigenvalue weighted by atomic mass is 16.5. The maximum Gasteiger partial charge on any atom is 0.254 e. The minimum Gasteiger partial charge on any atom is -0.497 e. The Balaban J connectivity index is 2.34. The molecule has 0 spiro atoms. The quantitative estimate of drug-likeness (QED) is 0.866. The number of methoxy groups -OCH3 is 1. The van der Waals surface area contributed by atoms with Gasteiger partial charge in [0, 0.05) is 12.6 Å². The van der Waals surface area contributed by atoms with Gasteiger partial charge in [-0.1, -0.05) is 0 Å². The van der Waals surface area contributed by atoms with Gasteiger partial charge in [0.1, 0.15) is 17.3 Å². The Morgan fingerprint density at radius 2 is 2.00 bits per heavy atom. The number of nitrogens with zero attached hydrogens (tertiary/aromatic N) is 1. The molecule has 2 aromatic rings. The van der Waals surface area contributed by atoms with E-state index in [-0.39, 0.29) is 11.4 Å². The van der Waals surface area contributed by atoms with Crippen LogP contribution in [0, 0.1) is 6.92 Å². The van der Waals surface area contributed by atoms with E-state index in [1.807, 2.05) is 6.07 Å². The maximum absolute atomic E-state index is 11.3. The molecule has 100 valence electrons. The van der Waals surface area contributed by atoms with Crippen molar-refractivity contribution in [2.45, 2.75) is 13.5 Å². The lowest BCUT2D eigenvalue weighted by Crippen LogP contribution is -2.08. The number of rotatable bonds is 4. The lowest BCUT2D eigenvalue weighted by Gasteiger charge is -2.09. The molecule has 1 aromatic heterocycles. The molecular formula is C13H15N3O3. The van der Waals surface area contributed by atoms with Crippen LogP contribution >= 0.6 is 0 Å². The van der Waals surface area contributed by atoms with Crippen molar-refractivity contribution in [1.29, 1.82) is 0 Å². The highest BCUT2D eigenvalue weighted by Crippen LogP contribution is 2.25. The van der Waals surface area contributed by atoms with Crippen LogP contribution in [0.2, 0.25) is 0 Å². The number of ether oxygens (including phenoxy) is 2. The summed E-state index contributed by atoms with van der Waals surface area (Å²) in [4.78, 5) is 18.0. The Morgan fingerprint density at radius 1 is 1.26 bits per heavy atom. The summed E-state index contributed by atoms with van der Waals surface area (Å²) < 4.78 is 10.7. The zero-order valence-corrected chi connectivity index (χ0v) is 10.8. The third-order valence-corrected chi connectivity index (χ3v) is 2.47. The molecule has 0 fully saturated rings. The third kappa shape index (κ3) is 3.32. The summed E-state index contributed by atoms with van der Waals surface area (Å²) in [5.74, 6) is 1.89. The van der Waals surface area contributed by atoms with E-state index in [4.69, 9.17) is 15.2 Å². The summed E-state index contributed by atoms with van der Waals surface area (Å²) in [6.45, 7) is 2.06. The van der Waals surface area contributed by atoms with Crippen molar-refractivity contribution >= 4 is 0 Å². The Kier molecular flexibility index (Phi) is 3.82. The van der Waals surface area contributed by atoms with Crippen LogP contribution in [0.1, 0.15) is 11.4 Å². The van der Waals surface area contributed by atoms with Gasteiger partial charge in [0.25, 0.3) is 5.56 Å². The van der Waals surface area contributed by atoms with Crippen molar-refractivity contribution in [3.8, 4) is 17.4 Å². The SMILES string of the molecule is COc1cc(CN)cc(Oc2cc(=O)[nH]c(C)n2)c1. The van der Waals surface area contributed by atoms with E-state index in [1.165, 1.54) is 6.07 Å². The molecule has 19 heavy (non-hydrogen) atoms. The Hall–Kier alpha value is -2.34. The molecule has 6 nitrogen and oxygen atoms in total. The largest absolute Gasteiger partial charge is 0.497 e. The number of aromatic amines is 1. The number of aryl methyl sites for hydroxylation is 1. The minimum absolute atomic E-state index is 0.234. The molecule has 0 radical (unpaired) electrons. The average Bonchev–Trinajstić information content (AvgIpc) is 2.37. The van der Waals surface area contributed by atoms with Gasteiger partial charge in [-0.25, -0.2) is 4.98 Å². The molecule has 0 saturated carbocycles. The van der Waals surface area contributed by atoms with E-state index in [0.29, 0.717) is 23.9 Å². The average molecular weight is 261 g/mol. The summed E-state index contributed by atoms with van der Waals surface area (Å²) >= 11 is 0. The Labute approximate surface area is 110 Å². The van der Waals surface area contributed by atoms with E-state index in [9.17, 15) is 4.79 Å². The highest BCUT2D eigenvalue weighted by Gasteiger charge is 2.05. The summed E-state index contributed by atoms with van der Waals surface area (Å²) in [5, 5.41) is 0. The first-order chi connectivity index (χ1) is 9.10. The molecule has 0 saturated heterocycles. The van der Waals surface area contributed by atoms with Gasteiger partial charge < -0.3 is 20.2 Å². The van der Waals surface area contributed by atoms with Gasteiger partial charge in [-0.15, -0.1) is 0 Å². The van der Waals surface area contributed by atoms with Crippen molar-refractivity contribution in [2.24, 2.45) is 5.73 Å². The molecule has 0 aliphatic carbocycles. The third-order valence-electron chi connectivity index (χ3n) is 2.47. The molecule has 2 rings (SSSR count). The molecule has 0 amide bonds. The molecule has 1 aromatic carbocycles. The molecule has 0 aliphatic heterocycles. The molecule has 6 heteroatoms. The van der Waals surface area contributed by atoms with Gasteiger partial charge in [-0.05, 0) is 24.6 Å². The summed E-state index contributed by atoms with van der Waals surface area (Å²) in [7, 11) is 1.56. The molecule has 0 bridgehead atoms. The monoisotopic (exact) mass is 261 g/mol. The van der Waals surface area contributed by atoms with Gasteiger partial charge in [0.15, 0.2) is 0 Å². The first-order valence-electron chi connectivity index (χ1n) is 5.74. The number of benzene rings is 1. The Bertz CT molecular complexity index is 615. The van der Waals surface area contributed by atoms with E-state index in [0.717, 1.165) is 5.56 Å². The molecule has 0 unspecified atom stereocenters. The lowest BCUT2D eigenvalue weighted by atomic mass is 10.2. The van der Waals surface area contributed by atoms with Crippen LogP contribution in [0.3, 0.4) is 0 Å². The number of aromatic nitrogens is 2. The van der Waals surface area contributed by atoms with Crippen molar-refractivity contribution < 1.29 is 9.47 Å². The van der Waals surface area contributed by atoms with Gasteiger partial charge in [-0.2, -0.15) is 0 Å². The van der Waals surface area contributed by atoms with Crippen LogP contribution in [0.25, 0.3) is 0 Å². The topological polar surface area (TPSA) is 90.2 Å². The van der Waals surface area contributed by atoms with Crippen LogP contribution in [0.5, 0.6) is 17.4 Å². The van der Waals surface area contributed by atoms with Gasteiger partial charge in [0.2, 0.25) is 5.88 Å². The van der Waals surface area contributed by atoms with E-state index >= 15 is 0 Å². The number of nitrogens with two attached hydrogens (primary N) is 1. The fourth-order valence-corrected chi connectivity index (χ4v) is 1.65. The van der Waals surface area contributed by atoms with Crippen LogP contribution in [-0.2, 0) is 6.54 Å². The van der Waals surface area contributed by atoms with E-state index < -0.39 is 0 Å². The predicted molar refractivity (Wildman–Crippen MR) is 70.6 cm³/mol. The second-order valence-electron chi connectivity index (χ2n) is 3.99. The highest BCUT2D eigenvalue weighted by molar-refractivity contribution is 5.39. The lowest BCUT2D eigenvalue weighted by molar-refractivity contribution is 0.406. The van der Waals surface area contributed by atoms with Crippen molar-refractivity contribution in [3.63, 3.8) is 0 Å². The molecular weight excluding hydrogens is 246 g/mol. The normalized spacial score (nSPS) is 10.3. The molecule has 3 N–H and O–H groups in total. The zero-order valence-electron chi connectivity index (χ0n) is 10.8. The predicted octanol–water partition coefficient (Wildman–Crippen LogP) is 1.34. The Morgan fingerprint density at radius 3 is 2.63 bits per heavy atom. The summed E-state index contributed by atoms with van der Waals surface area (Å²) in [5.41, 5.74) is 6.21. The van der Waals surface area contributed by atoms with E-state index in [2.05, 4.69) is 9.97 Å². The molecule has 1 heterocycles. The first kappa shape index (κ1) is 13.1. The van der Waals surface area contributed by atoms with Gasteiger partial charge >= 0.3 is 0 Å². The summed E-state index contributed by atoms with van der Waals surface area (Å²) in [6.07, 6.45) is 0. The second kappa shape index (κ2) is 5.53. The molecule has 0 aliphatic rings. The number of hydrogen-bond donors (Lipinski definition) is 2. The number of H-pyrrole nitrogens is 1. The fourth-order valence-electron chi connectivity index (χ4n) is 1.65. The smallest absolute Gasteiger partial charge is 0.254 e. The number of nitrogens with one attached hydrogen (secondary N) is 1. The standard InChI is InChI=1S/C13H15N3O3/c1-8-15-12(17)6-13(16-8)19-11-4-9(7-14)3-10(5-11)18-2/h3-6H,7,14H2,1-2H3,(H,15,16,17). The van der Waals surface area contributed by atoms with Crippen LogP contribution in [0.4, 0.5) is 0 Å². The zero-order chi connectivity index (χ0) is 13.8. The number of hydrogen-bond acceptors (Lipinski definition) is 5. The van der Waals surface area contributed by atoms with Crippen LogP contribution < -0.4 is 20.8 Å². The second-order valence-corrected chi connectivity index (χ2v) is 3.99. The van der Waals surface area contributed by atoms with Crippen molar-refractivity contribution in [1.82, 2.24) is 9.97 Å². The van der Waals surface area contributed by atoms with Crippen LogP contribution in [0.15, 0.2) is 29.1 Å². The fraction of sp³-hybridized carbons (Fsp3) is 0.231. The van der Waals surface area contributed by atoms with Gasteiger partial charge in [0.05, 0.1) is 13.2 Å². The van der Waals surface area contributed by atoms with Crippen molar-refractivity contribution in [2.75, 3.05) is 7.11 Å². The van der Waals surface area contributed by atoms with Gasteiger partial charge in [-0.3, -0.25) is 4.79 Å². The van der Waals surface area contributed by atoms with Crippen LogP contribution in [-0.4, -0.2) is 17.1 Å². The summed E-state index contributed by atoms with van der Waals surface area (Å²) in [6, 6.07) is 6.59.